The van der Waals surface area contributed by atoms with Gasteiger partial charge in [0.05, 0.1) is 13.0 Å². The van der Waals surface area contributed by atoms with Crippen LogP contribution in [0.1, 0.15) is 26.2 Å². The van der Waals surface area contributed by atoms with Gasteiger partial charge in [-0.1, -0.05) is 19.4 Å². The first-order valence-corrected chi connectivity index (χ1v) is 7.36. The van der Waals surface area contributed by atoms with Crippen molar-refractivity contribution < 1.29 is 14.3 Å². The molecule has 1 heterocycles. The zero-order valence-corrected chi connectivity index (χ0v) is 12.6. The fourth-order valence-corrected chi connectivity index (χ4v) is 2.46. The number of unbranched alkanes of at least 4 members (excludes halogenated alkanes) is 1. The summed E-state index contributed by atoms with van der Waals surface area (Å²) in [5.41, 5.74) is 0.693. The lowest BCUT2D eigenvalue weighted by Crippen LogP contribution is -2.29. The van der Waals surface area contributed by atoms with Gasteiger partial charge in [-0.05, 0) is 18.6 Å². The zero-order valence-electron chi connectivity index (χ0n) is 12.6. The van der Waals surface area contributed by atoms with Gasteiger partial charge in [0, 0.05) is 31.3 Å². The van der Waals surface area contributed by atoms with Crippen molar-refractivity contribution >= 4 is 17.5 Å². The molecule has 1 N–H and O–H groups in total. The molecule has 1 atom stereocenters. The van der Waals surface area contributed by atoms with Crippen LogP contribution in [0.4, 0.5) is 5.69 Å². The first kappa shape index (κ1) is 15.4. The summed E-state index contributed by atoms with van der Waals surface area (Å²) in [5, 5.41) is 2.86. The molecule has 1 aliphatic rings. The van der Waals surface area contributed by atoms with Crippen molar-refractivity contribution in [2.24, 2.45) is 5.92 Å². The van der Waals surface area contributed by atoms with Gasteiger partial charge in [0.15, 0.2) is 0 Å². The summed E-state index contributed by atoms with van der Waals surface area (Å²) in [7, 11) is 1.59. The number of hydrogen-bond acceptors (Lipinski definition) is 3. The monoisotopic (exact) mass is 290 g/mol. The molecule has 0 aliphatic carbocycles. The van der Waals surface area contributed by atoms with E-state index >= 15 is 0 Å². The van der Waals surface area contributed by atoms with E-state index in [1.54, 1.807) is 18.1 Å². The molecule has 5 nitrogen and oxygen atoms in total. The molecule has 5 heteroatoms. The smallest absolute Gasteiger partial charge is 0.229 e. The quantitative estimate of drug-likeness (QED) is 0.874. The van der Waals surface area contributed by atoms with Crippen LogP contribution < -0.4 is 10.1 Å². The molecule has 2 amide bonds. The predicted molar refractivity (Wildman–Crippen MR) is 81.2 cm³/mol. The number of likely N-dealkylation sites (tertiary alicyclic amines) is 1. The Hall–Kier alpha value is -2.04. The standard InChI is InChI=1S/C16H22N2O3/c1-3-4-8-18-11-12(9-15(18)19)16(20)17-13-6-5-7-14(10-13)21-2/h5-7,10,12H,3-4,8-9,11H2,1-2H3,(H,17,20)/t12-/m1/s1. The van der Waals surface area contributed by atoms with Gasteiger partial charge in [-0.25, -0.2) is 0 Å². The summed E-state index contributed by atoms with van der Waals surface area (Å²) in [6.45, 7) is 3.36. The highest BCUT2D eigenvalue weighted by molar-refractivity contribution is 5.97. The Bertz CT molecular complexity index is 516. The van der Waals surface area contributed by atoms with Gasteiger partial charge >= 0.3 is 0 Å². The summed E-state index contributed by atoms with van der Waals surface area (Å²) < 4.78 is 5.13. The Kier molecular flexibility index (Phi) is 5.20. The lowest BCUT2D eigenvalue weighted by Gasteiger charge is -2.16. The van der Waals surface area contributed by atoms with Crippen LogP contribution in [0.5, 0.6) is 5.75 Å². The minimum atomic E-state index is -0.263. The molecule has 1 saturated heterocycles. The number of methoxy groups -OCH3 is 1. The summed E-state index contributed by atoms with van der Waals surface area (Å²) in [6, 6.07) is 7.22. The summed E-state index contributed by atoms with van der Waals surface area (Å²) >= 11 is 0. The summed E-state index contributed by atoms with van der Waals surface area (Å²) in [6.07, 6.45) is 2.33. The van der Waals surface area contributed by atoms with Gasteiger partial charge in [-0.3, -0.25) is 9.59 Å². The molecular formula is C16H22N2O3. The van der Waals surface area contributed by atoms with Crippen LogP contribution in [-0.2, 0) is 9.59 Å². The molecule has 2 rings (SSSR count). The van der Waals surface area contributed by atoms with Crippen molar-refractivity contribution in [3.05, 3.63) is 24.3 Å². The number of benzene rings is 1. The fourth-order valence-electron chi connectivity index (χ4n) is 2.46. The molecule has 0 bridgehead atoms. The number of nitrogens with zero attached hydrogens (tertiary/aromatic N) is 1. The average Bonchev–Trinajstić information content (AvgIpc) is 2.86. The largest absolute Gasteiger partial charge is 0.497 e. The summed E-state index contributed by atoms with van der Waals surface area (Å²) in [4.78, 5) is 25.9. The third kappa shape index (κ3) is 3.97. The normalized spacial score (nSPS) is 17.9. The average molecular weight is 290 g/mol. The van der Waals surface area contributed by atoms with Crippen molar-refractivity contribution in [2.45, 2.75) is 26.2 Å². The van der Waals surface area contributed by atoms with Crippen LogP contribution in [0, 0.1) is 5.92 Å². The van der Waals surface area contributed by atoms with Crippen LogP contribution in [0.15, 0.2) is 24.3 Å². The van der Waals surface area contributed by atoms with Crippen LogP contribution in [-0.4, -0.2) is 36.9 Å². The highest BCUT2D eigenvalue weighted by atomic mass is 16.5. The zero-order chi connectivity index (χ0) is 15.2. The number of hydrogen-bond donors (Lipinski definition) is 1. The van der Waals surface area contributed by atoms with E-state index in [-0.39, 0.29) is 17.7 Å². The molecule has 0 saturated carbocycles. The van der Waals surface area contributed by atoms with Crippen molar-refractivity contribution in [2.75, 3.05) is 25.5 Å². The number of nitrogens with one attached hydrogen (secondary N) is 1. The van der Waals surface area contributed by atoms with Crippen LogP contribution >= 0.6 is 0 Å². The Morgan fingerprint density at radius 1 is 1.48 bits per heavy atom. The van der Waals surface area contributed by atoms with E-state index in [1.165, 1.54) is 0 Å². The van der Waals surface area contributed by atoms with E-state index in [1.807, 2.05) is 18.2 Å². The molecule has 21 heavy (non-hydrogen) atoms. The van der Waals surface area contributed by atoms with Crippen LogP contribution in [0.25, 0.3) is 0 Å². The van der Waals surface area contributed by atoms with Gasteiger partial charge in [0.25, 0.3) is 0 Å². The van der Waals surface area contributed by atoms with E-state index in [2.05, 4.69) is 12.2 Å². The van der Waals surface area contributed by atoms with Gasteiger partial charge < -0.3 is 15.0 Å². The Morgan fingerprint density at radius 2 is 2.29 bits per heavy atom. The number of carbonyl (C=O) groups excluding carboxylic acids is 2. The van der Waals surface area contributed by atoms with Crippen molar-refractivity contribution in [3.8, 4) is 5.75 Å². The topological polar surface area (TPSA) is 58.6 Å². The number of amides is 2. The van der Waals surface area contributed by atoms with Gasteiger partial charge in [0.1, 0.15) is 5.75 Å². The molecule has 0 radical (unpaired) electrons. The van der Waals surface area contributed by atoms with Crippen LogP contribution in [0.2, 0.25) is 0 Å². The maximum atomic E-state index is 12.2. The molecule has 0 unspecified atom stereocenters. The molecular weight excluding hydrogens is 268 g/mol. The molecule has 1 aromatic carbocycles. The highest BCUT2D eigenvalue weighted by Crippen LogP contribution is 2.22. The first-order valence-electron chi connectivity index (χ1n) is 7.36. The predicted octanol–water partition coefficient (Wildman–Crippen LogP) is 2.28. The minimum Gasteiger partial charge on any atom is -0.497 e. The third-order valence-electron chi connectivity index (χ3n) is 3.70. The van der Waals surface area contributed by atoms with E-state index in [0.29, 0.717) is 24.4 Å². The number of ether oxygens (including phenoxy) is 1. The Labute approximate surface area is 125 Å². The first-order chi connectivity index (χ1) is 10.1. The maximum Gasteiger partial charge on any atom is 0.229 e. The van der Waals surface area contributed by atoms with E-state index in [0.717, 1.165) is 19.4 Å². The molecule has 1 aromatic rings. The highest BCUT2D eigenvalue weighted by Gasteiger charge is 2.33. The number of rotatable bonds is 6. The van der Waals surface area contributed by atoms with Gasteiger partial charge in [0.2, 0.25) is 11.8 Å². The SMILES string of the molecule is CCCCN1C[C@H](C(=O)Nc2cccc(OC)c2)CC1=O. The van der Waals surface area contributed by atoms with Crippen molar-refractivity contribution in [3.63, 3.8) is 0 Å². The molecule has 114 valence electrons. The second-order valence-corrected chi connectivity index (χ2v) is 5.32. The van der Waals surface area contributed by atoms with E-state index in [9.17, 15) is 9.59 Å². The molecule has 1 aliphatic heterocycles. The van der Waals surface area contributed by atoms with Gasteiger partial charge in [-0.15, -0.1) is 0 Å². The van der Waals surface area contributed by atoms with Gasteiger partial charge in [-0.2, -0.15) is 0 Å². The number of carbonyl (C=O) groups is 2. The van der Waals surface area contributed by atoms with Crippen molar-refractivity contribution in [1.82, 2.24) is 4.90 Å². The fraction of sp³-hybridized carbons (Fsp3) is 0.500. The minimum absolute atomic E-state index is 0.0780. The van der Waals surface area contributed by atoms with Crippen molar-refractivity contribution in [1.29, 1.82) is 0 Å². The second kappa shape index (κ2) is 7.11. The summed E-state index contributed by atoms with van der Waals surface area (Å²) in [5.74, 6) is 0.408. The molecule has 1 fully saturated rings. The molecule has 0 spiro atoms. The van der Waals surface area contributed by atoms with Crippen LogP contribution in [0.3, 0.4) is 0 Å². The van der Waals surface area contributed by atoms with E-state index in [4.69, 9.17) is 4.74 Å². The Balaban J connectivity index is 1.93. The van der Waals surface area contributed by atoms with E-state index < -0.39 is 0 Å². The Morgan fingerprint density at radius 3 is 3.00 bits per heavy atom. The second-order valence-electron chi connectivity index (χ2n) is 5.32. The third-order valence-corrected chi connectivity index (χ3v) is 3.70. The lowest BCUT2D eigenvalue weighted by molar-refractivity contribution is -0.128. The molecule has 0 aromatic heterocycles. The number of anilines is 1. The lowest BCUT2D eigenvalue weighted by atomic mass is 10.1. The maximum absolute atomic E-state index is 12.2.